The number of methoxy groups -OCH3 is 2. The lowest BCUT2D eigenvalue weighted by Crippen LogP contribution is -2.48. The van der Waals surface area contributed by atoms with Crippen LogP contribution in [0, 0.1) is 17.8 Å². The minimum Gasteiger partial charge on any atom is -0.465 e. The molecule has 2 unspecified atom stereocenters. The summed E-state index contributed by atoms with van der Waals surface area (Å²) in [5.41, 5.74) is 7.04. The van der Waals surface area contributed by atoms with Gasteiger partial charge in [-0.25, -0.2) is 9.59 Å². The molecule has 2 atom stereocenters. The third-order valence-electron chi connectivity index (χ3n) is 5.83. The van der Waals surface area contributed by atoms with Crippen LogP contribution in [0.5, 0.6) is 0 Å². The van der Waals surface area contributed by atoms with Crippen molar-refractivity contribution in [1.82, 2.24) is 0 Å². The highest BCUT2D eigenvalue weighted by Crippen LogP contribution is 2.42. The fourth-order valence-electron chi connectivity index (χ4n) is 4.42. The monoisotopic (exact) mass is 410 g/mol. The second kappa shape index (κ2) is 9.39. The molecule has 0 aliphatic heterocycles. The van der Waals surface area contributed by atoms with Crippen molar-refractivity contribution in [2.75, 3.05) is 19.5 Å². The molecular formula is C20H27ClN2O5. The molecule has 2 aliphatic rings. The normalized spacial score (nSPS) is 25.8. The molecule has 28 heavy (non-hydrogen) atoms. The van der Waals surface area contributed by atoms with E-state index in [9.17, 15) is 14.4 Å². The minimum atomic E-state index is -0.588. The van der Waals surface area contributed by atoms with Crippen molar-refractivity contribution in [3.63, 3.8) is 0 Å². The number of amides is 1. The molecule has 1 aromatic rings. The van der Waals surface area contributed by atoms with Gasteiger partial charge in [-0.15, -0.1) is 12.4 Å². The van der Waals surface area contributed by atoms with Crippen molar-refractivity contribution in [3.05, 3.63) is 29.3 Å². The van der Waals surface area contributed by atoms with Crippen LogP contribution in [0.4, 0.5) is 5.69 Å². The number of nitrogens with two attached hydrogens (primary N) is 1. The van der Waals surface area contributed by atoms with Crippen molar-refractivity contribution in [2.45, 2.75) is 38.1 Å². The summed E-state index contributed by atoms with van der Waals surface area (Å²) >= 11 is 0. The number of ether oxygens (including phenoxy) is 2. The van der Waals surface area contributed by atoms with Crippen molar-refractivity contribution < 1.29 is 23.9 Å². The van der Waals surface area contributed by atoms with Gasteiger partial charge < -0.3 is 20.5 Å². The van der Waals surface area contributed by atoms with Gasteiger partial charge in [0.05, 0.1) is 25.3 Å². The molecule has 1 amide bonds. The van der Waals surface area contributed by atoms with Gasteiger partial charge in [-0.2, -0.15) is 0 Å². The Morgan fingerprint density at radius 3 is 1.93 bits per heavy atom. The van der Waals surface area contributed by atoms with Crippen LogP contribution in [-0.2, 0) is 14.3 Å². The maximum atomic E-state index is 12.8. The molecule has 2 aliphatic carbocycles. The Bertz CT molecular complexity index is 706. The molecule has 0 aromatic heterocycles. The molecule has 0 saturated heterocycles. The first kappa shape index (κ1) is 22.2. The van der Waals surface area contributed by atoms with Gasteiger partial charge in [0, 0.05) is 17.6 Å². The zero-order valence-corrected chi connectivity index (χ0v) is 16.9. The summed E-state index contributed by atoms with van der Waals surface area (Å²) in [6.45, 7) is 0. The zero-order valence-electron chi connectivity index (χ0n) is 16.1. The largest absolute Gasteiger partial charge is 0.465 e. The minimum absolute atomic E-state index is 0. The average molecular weight is 411 g/mol. The number of esters is 2. The first-order chi connectivity index (χ1) is 12.9. The summed E-state index contributed by atoms with van der Waals surface area (Å²) < 4.78 is 9.45. The van der Waals surface area contributed by atoms with Crippen LogP contribution >= 0.6 is 12.4 Å². The highest BCUT2D eigenvalue weighted by molar-refractivity contribution is 6.00. The van der Waals surface area contributed by atoms with E-state index in [1.165, 1.54) is 38.8 Å². The van der Waals surface area contributed by atoms with E-state index in [1.54, 1.807) is 0 Å². The number of carbonyl (C=O) groups is 3. The van der Waals surface area contributed by atoms with Gasteiger partial charge in [0.1, 0.15) is 0 Å². The number of halogens is 1. The maximum absolute atomic E-state index is 12.8. The summed E-state index contributed by atoms with van der Waals surface area (Å²) in [6, 6.07) is 4.59. The zero-order chi connectivity index (χ0) is 19.6. The van der Waals surface area contributed by atoms with Crippen LogP contribution in [0.3, 0.4) is 0 Å². The first-order valence-electron chi connectivity index (χ1n) is 9.31. The number of nitrogens with one attached hydrogen (secondary N) is 1. The van der Waals surface area contributed by atoms with E-state index in [1.807, 2.05) is 0 Å². The summed E-state index contributed by atoms with van der Waals surface area (Å²) in [5.74, 6) is -0.607. The predicted molar refractivity (Wildman–Crippen MR) is 107 cm³/mol. The van der Waals surface area contributed by atoms with Crippen molar-refractivity contribution in [1.29, 1.82) is 0 Å². The van der Waals surface area contributed by atoms with Crippen molar-refractivity contribution in [2.24, 2.45) is 23.5 Å². The second-order valence-electron chi connectivity index (χ2n) is 7.47. The van der Waals surface area contributed by atoms with E-state index in [2.05, 4.69) is 5.32 Å². The van der Waals surface area contributed by atoms with E-state index < -0.39 is 11.9 Å². The van der Waals surface area contributed by atoms with Crippen molar-refractivity contribution in [3.8, 4) is 0 Å². The Morgan fingerprint density at radius 1 is 0.964 bits per heavy atom. The van der Waals surface area contributed by atoms with Crippen LogP contribution in [0.15, 0.2) is 18.2 Å². The molecular weight excluding hydrogens is 384 g/mol. The van der Waals surface area contributed by atoms with Crippen molar-refractivity contribution >= 4 is 35.9 Å². The fraction of sp³-hybridized carbons (Fsp3) is 0.550. The van der Waals surface area contributed by atoms with E-state index in [0.29, 0.717) is 17.5 Å². The first-order valence-corrected chi connectivity index (χ1v) is 9.31. The molecule has 154 valence electrons. The SMILES string of the molecule is COC(=O)c1cc(NC(=O)C2CC3CCCC(C2)C3N)cc(C(=O)OC)c1.Cl. The second-order valence-corrected chi connectivity index (χ2v) is 7.47. The van der Waals surface area contributed by atoms with Crippen LogP contribution < -0.4 is 11.1 Å². The number of rotatable bonds is 4. The van der Waals surface area contributed by atoms with Crippen LogP contribution in [0.1, 0.15) is 52.8 Å². The lowest BCUT2D eigenvalue weighted by atomic mass is 9.65. The highest BCUT2D eigenvalue weighted by Gasteiger charge is 2.40. The lowest BCUT2D eigenvalue weighted by molar-refractivity contribution is -0.122. The molecule has 0 spiro atoms. The van der Waals surface area contributed by atoms with Gasteiger partial charge in [-0.3, -0.25) is 4.79 Å². The number of hydrogen-bond donors (Lipinski definition) is 2. The molecule has 0 radical (unpaired) electrons. The molecule has 7 nitrogen and oxygen atoms in total. The number of benzene rings is 1. The summed E-state index contributed by atoms with van der Waals surface area (Å²) in [5, 5.41) is 2.86. The van der Waals surface area contributed by atoms with Crippen LogP contribution in [0.25, 0.3) is 0 Å². The number of fused-ring (bicyclic) bond motifs is 2. The molecule has 3 rings (SSSR count). The Kier molecular flexibility index (Phi) is 7.43. The van der Waals surface area contributed by atoms with Gasteiger partial charge in [0.2, 0.25) is 5.91 Å². The summed E-state index contributed by atoms with van der Waals surface area (Å²) in [4.78, 5) is 36.6. The topological polar surface area (TPSA) is 108 Å². The Morgan fingerprint density at radius 2 is 1.46 bits per heavy atom. The fourth-order valence-corrected chi connectivity index (χ4v) is 4.42. The Labute approximate surface area is 170 Å². The lowest BCUT2D eigenvalue weighted by Gasteiger charge is -2.43. The molecule has 2 fully saturated rings. The van der Waals surface area contributed by atoms with Gasteiger partial charge in [-0.1, -0.05) is 6.42 Å². The van der Waals surface area contributed by atoms with Gasteiger partial charge >= 0.3 is 11.9 Å². The van der Waals surface area contributed by atoms with Crippen LogP contribution in [0.2, 0.25) is 0 Å². The number of anilines is 1. The Hall–Kier alpha value is -2.12. The molecule has 2 saturated carbocycles. The molecule has 8 heteroatoms. The quantitative estimate of drug-likeness (QED) is 0.739. The third kappa shape index (κ3) is 4.64. The predicted octanol–water partition coefficient (Wildman–Crippen LogP) is 2.77. The molecule has 0 heterocycles. The van der Waals surface area contributed by atoms with Gasteiger partial charge in [0.25, 0.3) is 0 Å². The van der Waals surface area contributed by atoms with E-state index in [-0.39, 0.29) is 41.4 Å². The summed E-state index contributed by atoms with van der Waals surface area (Å²) in [7, 11) is 2.52. The van der Waals surface area contributed by atoms with E-state index >= 15 is 0 Å². The third-order valence-corrected chi connectivity index (χ3v) is 5.83. The van der Waals surface area contributed by atoms with Gasteiger partial charge in [0.15, 0.2) is 0 Å². The van der Waals surface area contributed by atoms with E-state index in [0.717, 1.165) is 25.7 Å². The smallest absolute Gasteiger partial charge is 0.337 e. The van der Waals surface area contributed by atoms with E-state index in [4.69, 9.17) is 15.2 Å². The van der Waals surface area contributed by atoms with Crippen LogP contribution in [-0.4, -0.2) is 38.1 Å². The Balaban J connectivity index is 0.00000280. The molecule has 2 bridgehead atoms. The highest BCUT2D eigenvalue weighted by atomic mass is 35.5. The maximum Gasteiger partial charge on any atom is 0.337 e. The van der Waals surface area contributed by atoms with Gasteiger partial charge in [-0.05, 0) is 55.7 Å². The molecule has 3 N–H and O–H groups in total. The summed E-state index contributed by atoms with van der Waals surface area (Å²) in [6.07, 6.45) is 4.90. The standard InChI is InChI=1S/C20H26N2O5.ClH/c1-26-19(24)14-8-15(20(25)27-2)10-16(9-14)22-18(23)13-6-11-4-3-5-12(7-13)17(11)21;/h8-13,17H,3-7,21H2,1-2H3,(H,22,23);1H. The average Bonchev–Trinajstić information content (AvgIpc) is 2.66. The number of hydrogen-bond acceptors (Lipinski definition) is 6. The number of carbonyl (C=O) groups excluding carboxylic acids is 3. The molecule has 1 aromatic carbocycles.